The van der Waals surface area contributed by atoms with Gasteiger partial charge in [-0.3, -0.25) is 4.79 Å². The van der Waals surface area contributed by atoms with Crippen LogP contribution >= 0.6 is 0 Å². The maximum absolute atomic E-state index is 12.4. The van der Waals surface area contributed by atoms with E-state index >= 15 is 0 Å². The van der Waals surface area contributed by atoms with E-state index in [1.165, 1.54) is 22.3 Å². The topological polar surface area (TPSA) is 29.5 Å². The van der Waals surface area contributed by atoms with Gasteiger partial charge in [0.15, 0.2) is 0 Å². The Morgan fingerprint density at radius 2 is 1.73 bits per heavy atom. The molecule has 0 bridgehead atoms. The molecule has 0 amide bonds. The van der Waals surface area contributed by atoms with E-state index in [1.807, 2.05) is 39.0 Å². The molecule has 0 atom stereocenters. The first kappa shape index (κ1) is 32.1. The number of carbonyl (C=O) groups excluding carboxylic acids is 1. The van der Waals surface area contributed by atoms with Crippen molar-refractivity contribution in [1.29, 1.82) is 0 Å². The molecule has 210 valence electrons. The molecule has 0 aliphatic heterocycles. The largest absolute Gasteiger partial charge is 0.488 e. The van der Waals surface area contributed by atoms with Gasteiger partial charge in [-0.1, -0.05) is 108 Å². The quantitative estimate of drug-likeness (QED) is 0.0943. The summed E-state index contributed by atoms with van der Waals surface area (Å²) < 4.78 is 6.38. The van der Waals surface area contributed by atoms with E-state index in [4.69, 9.17) is 4.74 Å². The molecule has 0 aromatic heterocycles. The van der Waals surface area contributed by atoms with Gasteiger partial charge in [0.2, 0.25) is 0 Å². The summed E-state index contributed by atoms with van der Waals surface area (Å²) in [5, 5.41) is 0. The Kier molecular flexibility index (Phi) is 13.5. The number of carbonyl (C=O) groups is 1. The summed E-state index contributed by atoms with van der Waals surface area (Å²) >= 11 is 0. The van der Waals surface area contributed by atoms with Crippen LogP contribution in [-0.4, -0.2) is 19.9 Å². The number of hydrogen-bond acceptors (Lipinski definition) is 3. The molecule has 0 fully saturated rings. The highest BCUT2D eigenvalue weighted by Gasteiger charge is 2.18. The van der Waals surface area contributed by atoms with Crippen molar-refractivity contribution in [3.05, 3.63) is 143 Å². The predicted octanol–water partition coefficient (Wildman–Crippen LogP) is 9.50. The summed E-state index contributed by atoms with van der Waals surface area (Å²) in [6, 6.07) is 16.8. The van der Waals surface area contributed by atoms with Gasteiger partial charge in [-0.25, -0.2) is 0 Å². The van der Waals surface area contributed by atoms with E-state index in [-0.39, 0.29) is 0 Å². The maximum Gasteiger partial charge on any atom is 0.150 e. The SMILES string of the molecule is C/C=C(\C)CO/C(=C(/C=O)CC1=CC=C(C)C=CC1)c1ccccc1N(C)Cc1ccc(C)cc1.C=CC(=C)C. The second-order valence-corrected chi connectivity index (χ2v) is 10.3. The summed E-state index contributed by atoms with van der Waals surface area (Å²) in [6.07, 6.45) is 14.6. The summed E-state index contributed by atoms with van der Waals surface area (Å²) in [6.45, 7) is 18.4. The molecule has 2 aromatic rings. The van der Waals surface area contributed by atoms with E-state index in [2.05, 4.69) is 99.7 Å². The van der Waals surface area contributed by atoms with Gasteiger partial charge in [0, 0.05) is 36.8 Å². The fraction of sp³-hybridized carbons (Fsp3) is 0.270. The highest BCUT2D eigenvalue weighted by Crippen LogP contribution is 2.33. The van der Waals surface area contributed by atoms with Crippen molar-refractivity contribution < 1.29 is 9.53 Å². The number of aryl methyl sites for hydroxylation is 1. The lowest BCUT2D eigenvalue weighted by Crippen LogP contribution is -2.18. The standard InChI is InChI=1S/C32H37NO2.C5H8/c1-6-24(2)23-35-32(29(22-34)20-27-11-9-10-25(3)14-17-27)30-12-7-8-13-31(30)33(5)21-28-18-15-26(4)16-19-28;1-4-5(2)3/h6-10,12-19,22H,11,20-21,23H2,1-5H3;4H,1-2H2,3H3/b24-6+,32-29+;. The summed E-state index contributed by atoms with van der Waals surface area (Å²) in [7, 11) is 2.08. The van der Waals surface area contributed by atoms with Gasteiger partial charge in [-0.2, -0.15) is 0 Å². The van der Waals surface area contributed by atoms with Crippen molar-refractivity contribution >= 4 is 17.7 Å². The molecule has 3 nitrogen and oxygen atoms in total. The van der Waals surface area contributed by atoms with Crippen LogP contribution in [0, 0.1) is 6.92 Å². The van der Waals surface area contributed by atoms with E-state index in [0.717, 1.165) is 41.6 Å². The van der Waals surface area contributed by atoms with Crippen LogP contribution in [0.1, 0.15) is 57.2 Å². The second kappa shape index (κ2) is 16.8. The number of rotatable bonds is 11. The maximum atomic E-state index is 12.4. The average Bonchev–Trinajstić information content (AvgIpc) is 3.17. The molecule has 0 radical (unpaired) electrons. The molecule has 0 heterocycles. The molecule has 0 saturated carbocycles. The van der Waals surface area contributed by atoms with Crippen molar-refractivity contribution in [2.75, 3.05) is 18.6 Å². The smallest absolute Gasteiger partial charge is 0.150 e. The molecule has 0 N–H and O–H groups in total. The van der Waals surface area contributed by atoms with Crippen molar-refractivity contribution in [2.24, 2.45) is 0 Å². The first-order valence-electron chi connectivity index (χ1n) is 13.8. The third-order valence-corrected chi connectivity index (χ3v) is 6.58. The van der Waals surface area contributed by atoms with Gasteiger partial charge >= 0.3 is 0 Å². The molecule has 0 spiro atoms. The van der Waals surface area contributed by atoms with Crippen molar-refractivity contribution in [3.63, 3.8) is 0 Å². The number of benzene rings is 2. The first-order valence-corrected chi connectivity index (χ1v) is 13.8. The highest BCUT2D eigenvalue weighted by molar-refractivity contribution is 5.89. The monoisotopic (exact) mass is 535 g/mol. The minimum Gasteiger partial charge on any atom is -0.488 e. The summed E-state index contributed by atoms with van der Waals surface area (Å²) in [5.74, 6) is 0.655. The molecule has 0 unspecified atom stereocenters. The molecule has 1 aliphatic rings. The lowest BCUT2D eigenvalue weighted by atomic mass is 9.98. The third-order valence-electron chi connectivity index (χ3n) is 6.58. The van der Waals surface area contributed by atoms with Crippen LogP contribution in [0.25, 0.3) is 5.76 Å². The zero-order valence-electron chi connectivity index (χ0n) is 25.2. The Morgan fingerprint density at radius 3 is 2.35 bits per heavy atom. The van der Waals surface area contributed by atoms with Crippen LogP contribution in [0.3, 0.4) is 0 Å². The van der Waals surface area contributed by atoms with E-state index in [0.29, 0.717) is 24.4 Å². The van der Waals surface area contributed by atoms with Gasteiger partial charge in [0.25, 0.3) is 0 Å². The molecule has 3 rings (SSSR count). The molecular weight excluding hydrogens is 490 g/mol. The van der Waals surface area contributed by atoms with Gasteiger partial charge in [0.05, 0.1) is 0 Å². The number of anilines is 1. The summed E-state index contributed by atoms with van der Waals surface area (Å²) in [5.41, 5.74) is 9.65. The number of allylic oxidation sites excluding steroid dienone is 10. The third kappa shape index (κ3) is 10.6. The van der Waals surface area contributed by atoms with Crippen LogP contribution in [0.2, 0.25) is 0 Å². The lowest BCUT2D eigenvalue weighted by molar-refractivity contribution is -0.105. The van der Waals surface area contributed by atoms with Gasteiger partial charge in [-0.15, -0.1) is 0 Å². The van der Waals surface area contributed by atoms with Crippen molar-refractivity contribution in [1.82, 2.24) is 0 Å². The van der Waals surface area contributed by atoms with Crippen molar-refractivity contribution in [2.45, 2.75) is 54.0 Å². The number of ether oxygens (including phenoxy) is 1. The number of aldehydes is 1. The molecular formula is C37H45NO2. The molecule has 2 aromatic carbocycles. The average molecular weight is 536 g/mol. The van der Waals surface area contributed by atoms with Crippen LogP contribution in [0.5, 0.6) is 0 Å². The minimum absolute atomic E-state index is 0.442. The van der Waals surface area contributed by atoms with Gasteiger partial charge in [-0.05, 0) is 64.3 Å². The highest BCUT2D eigenvalue weighted by atomic mass is 16.5. The Labute approximate surface area is 242 Å². The van der Waals surface area contributed by atoms with Gasteiger partial charge < -0.3 is 9.64 Å². The second-order valence-electron chi connectivity index (χ2n) is 10.3. The Morgan fingerprint density at radius 1 is 1.05 bits per heavy atom. The zero-order chi connectivity index (χ0) is 29.5. The number of nitrogens with zero attached hydrogens (tertiary/aromatic N) is 1. The lowest BCUT2D eigenvalue weighted by Gasteiger charge is -2.25. The Bertz CT molecular complexity index is 1320. The van der Waals surface area contributed by atoms with Crippen molar-refractivity contribution in [3.8, 4) is 0 Å². The number of para-hydroxylation sites is 1. The van der Waals surface area contributed by atoms with E-state index in [1.54, 1.807) is 6.08 Å². The number of hydrogen-bond donors (Lipinski definition) is 0. The fourth-order valence-corrected chi connectivity index (χ4v) is 3.98. The molecule has 1 aliphatic carbocycles. The van der Waals surface area contributed by atoms with Gasteiger partial charge in [0.1, 0.15) is 18.7 Å². The minimum atomic E-state index is 0.442. The van der Waals surface area contributed by atoms with E-state index in [9.17, 15) is 4.79 Å². The van der Waals surface area contributed by atoms with Crippen LogP contribution < -0.4 is 4.90 Å². The van der Waals surface area contributed by atoms with Crippen LogP contribution in [-0.2, 0) is 16.1 Å². The molecule has 3 heteroatoms. The van der Waals surface area contributed by atoms with Crippen LogP contribution in [0.15, 0.2) is 126 Å². The predicted molar refractivity (Wildman–Crippen MR) is 173 cm³/mol. The summed E-state index contributed by atoms with van der Waals surface area (Å²) in [4.78, 5) is 14.7. The zero-order valence-corrected chi connectivity index (χ0v) is 25.2. The van der Waals surface area contributed by atoms with Crippen LogP contribution in [0.4, 0.5) is 5.69 Å². The Hall–Kier alpha value is -4.11. The van der Waals surface area contributed by atoms with E-state index < -0.39 is 0 Å². The molecule has 40 heavy (non-hydrogen) atoms. The Balaban J connectivity index is 0.00000103. The normalized spacial score (nSPS) is 13.5. The fourth-order valence-electron chi connectivity index (χ4n) is 3.98. The molecule has 0 saturated heterocycles. The first-order chi connectivity index (χ1) is 19.2.